The Morgan fingerprint density at radius 1 is 1.23 bits per heavy atom. The van der Waals surface area contributed by atoms with Gasteiger partial charge in [0.25, 0.3) is 5.91 Å². The quantitative estimate of drug-likeness (QED) is 0.770. The van der Waals surface area contributed by atoms with Crippen LogP contribution in [0.3, 0.4) is 0 Å². The molecule has 0 aliphatic carbocycles. The summed E-state index contributed by atoms with van der Waals surface area (Å²) >= 11 is 0. The largest absolute Gasteiger partial charge is 0.493 e. The standard InChI is InChI=1S/C17H21NO4/c1-4-9-18(10-5-2)16(19)13-11-12-7-6-8-14(21-3)15(12)22-17(13)20/h6-8,11H,4-5,9-10H2,1-3H3. The van der Waals surface area contributed by atoms with Crippen molar-refractivity contribution >= 4 is 16.9 Å². The van der Waals surface area contributed by atoms with Crippen LogP contribution < -0.4 is 10.4 Å². The first-order chi connectivity index (χ1) is 10.6. The second kappa shape index (κ2) is 7.11. The molecule has 1 aromatic heterocycles. The molecular weight excluding hydrogens is 282 g/mol. The summed E-state index contributed by atoms with van der Waals surface area (Å²) in [6.45, 7) is 5.26. The van der Waals surface area contributed by atoms with E-state index in [1.54, 1.807) is 29.2 Å². The second-order valence-corrected chi connectivity index (χ2v) is 5.12. The fraction of sp³-hybridized carbons (Fsp3) is 0.412. The molecule has 0 bridgehead atoms. The Morgan fingerprint density at radius 2 is 1.91 bits per heavy atom. The maximum Gasteiger partial charge on any atom is 0.349 e. The van der Waals surface area contributed by atoms with Crippen LogP contribution in [0, 0.1) is 0 Å². The third-order valence-electron chi connectivity index (χ3n) is 3.45. The van der Waals surface area contributed by atoms with Gasteiger partial charge >= 0.3 is 5.63 Å². The van der Waals surface area contributed by atoms with Crippen molar-refractivity contribution in [3.8, 4) is 5.75 Å². The highest BCUT2D eigenvalue weighted by molar-refractivity contribution is 5.97. The van der Waals surface area contributed by atoms with Gasteiger partial charge in [-0.05, 0) is 25.0 Å². The number of nitrogens with zero attached hydrogens (tertiary/aromatic N) is 1. The van der Waals surface area contributed by atoms with Crippen LogP contribution in [-0.2, 0) is 0 Å². The van der Waals surface area contributed by atoms with Crippen LogP contribution in [0.1, 0.15) is 37.0 Å². The van der Waals surface area contributed by atoms with Crippen molar-refractivity contribution in [1.29, 1.82) is 0 Å². The molecule has 2 rings (SSSR count). The predicted octanol–water partition coefficient (Wildman–Crippen LogP) is 3.06. The van der Waals surface area contributed by atoms with Crippen molar-refractivity contribution < 1.29 is 13.9 Å². The zero-order chi connectivity index (χ0) is 16.1. The van der Waals surface area contributed by atoms with Gasteiger partial charge in [-0.2, -0.15) is 0 Å². The molecule has 22 heavy (non-hydrogen) atoms. The summed E-state index contributed by atoms with van der Waals surface area (Å²) in [5, 5.41) is 0.676. The highest BCUT2D eigenvalue weighted by Gasteiger charge is 2.20. The van der Waals surface area contributed by atoms with Gasteiger partial charge in [0.1, 0.15) is 5.56 Å². The minimum Gasteiger partial charge on any atom is -0.493 e. The van der Waals surface area contributed by atoms with Crippen LogP contribution in [0.5, 0.6) is 5.75 Å². The zero-order valence-corrected chi connectivity index (χ0v) is 13.2. The molecule has 0 radical (unpaired) electrons. The monoisotopic (exact) mass is 303 g/mol. The number of amides is 1. The fourth-order valence-electron chi connectivity index (χ4n) is 2.45. The maximum atomic E-state index is 12.6. The van der Waals surface area contributed by atoms with Crippen LogP contribution in [0.25, 0.3) is 11.0 Å². The lowest BCUT2D eigenvalue weighted by molar-refractivity contribution is 0.0751. The molecule has 0 unspecified atom stereocenters. The van der Waals surface area contributed by atoms with E-state index in [-0.39, 0.29) is 11.5 Å². The SMILES string of the molecule is CCCN(CCC)C(=O)c1cc2cccc(OC)c2oc1=O. The minimum absolute atomic E-state index is 0.0719. The molecule has 0 saturated carbocycles. The first kappa shape index (κ1) is 16.1. The van der Waals surface area contributed by atoms with Gasteiger partial charge in [0.05, 0.1) is 7.11 Å². The molecule has 118 valence electrons. The average Bonchev–Trinajstić information content (AvgIpc) is 2.53. The van der Waals surface area contributed by atoms with E-state index in [2.05, 4.69) is 0 Å². The number of carbonyl (C=O) groups excluding carboxylic acids is 1. The number of ether oxygens (including phenoxy) is 1. The van der Waals surface area contributed by atoms with Crippen molar-refractivity contribution in [2.75, 3.05) is 20.2 Å². The van der Waals surface area contributed by atoms with E-state index in [0.29, 0.717) is 29.8 Å². The summed E-state index contributed by atoms with van der Waals surface area (Å²) in [4.78, 5) is 26.5. The fourth-order valence-corrected chi connectivity index (χ4v) is 2.45. The molecule has 1 heterocycles. The molecule has 0 N–H and O–H groups in total. The number of benzene rings is 1. The molecule has 0 saturated heterocycles. The van der Waals surface area contributed by atoms with Gasteiger partial charge in [-0.1, -0.05) is 26.0 Å². The van der Waals surface area contributed by atoms with Crippen LogP contribution in [0.2, 0.25) is 0 Å². The van der Waals surface area contributed by atoms with Gasteiger partial charge in [0.15, 0.2) is 11.3 Å². The molecule has 0 atom stereocenters. The summed E-state index contributed by atoms with van der Waals surface area (Å²) in [5.41, 5.74) is -0.189. The summed E-state index contributed by atoms with van der Waals surface area (Å²) < 4.78 is 10.5. The summed E-state index contributed by atoms with van der Waals surface area (Å²) in [7, 11) is 1.51. The lowest BCUT2D eigenvalue weighted by Gasteiger charge is -2.21. The molecule has 2 aromatic rings. The Hall–Kier alpha value is -2.30. The van der Waals surface area contributed by atoms with E-state index in [4.69, 9.17) is 9.15 Å². The summed E-state index contributed by atoms with van der Waals surface area (Å²) in [6, 6.07) is 6.89. The number of carbonyl (C=O) groups is 1. The summed E-state index contributed by atoms with van der Waals surface area (Å²) in [6.07, 6.45) is 1.69. The Labute approximate surface area is 129 Å². The minimum atomic E-state index is -0.626. The van der Waals surface area contributed by atoms with Crippen molar-refractivity contribution in [1.82, 2.24) is 4.90 Å². The smallest absolute Gasteiger partial charge is 0.349 e. The molecule has 0 spiro atoms. The van der Waals surface area contributed by atoms with E-state index in [0.717, 1.165) is 12.8 Å². The van der Waals surface area contributed by atoms with E-state index < -0.39 is 5.63 Å². The van der Waals surface area contributed by atoms with Gasteiger partial charge in [0.2, 0.25) is 0 Å². The number of fused-ring (bicyclic) bond motifs is 1. The first-order valence-electron chi connectivity index (χ1n) is 7.52. The number of hydrogen-bond acceptors (Lipinski definition) is 4. The molecule has 1 amide bonds. The lowest BCUT2D eigenvalue weighted by Crippen LogP contribution is -2.35. The number of methoxy groups -OCH3 is 1. The van der Waals surface area contributed by atoms with E-state index in [1.807, 2.05) is 13.8 Å². The number of rotatable bonds is 6. The molecule has 0 fully saturated rings. The highest BCUT2D eigenvalue weighted by atomic mass is 16.5. The van der Waals surface area contributed by atoms with Crippen LogP contribution in [0.15, 0.2) is 33.5 Å². The third kappa shape index (κ3) is 3.13. The Kier molecular flexibility index (Phi) is 5.20. The Balaban J connectivity index is 2.49. The van der Waals surface area contributed by atoms with Gasteiger partial charge in [-0.15, -0.1) is 0 Å². The van der Waals surface area contributed by atoms with E-state index in [9.17, 15) is 9.59 Å². The third-order valence-corrected chi connectivity index (χ3v) is 3.45. The number of hydrogen-bond donors (Lipinski definition) is 0. The highest BCUT2D eigenvalue weighted by Crippen LogP contribution is 2.24. The van der Waals surface area contributed by atoms with Gasteiger partial charge in [-0.3, -0.25) is 4.79 Å². The number of para-hydroxylation sites is 1. The predicted molar refractivity (Wildman–Crippen MR) is 85.5 cm³/mol. The van der Waals surface area contributed by atoms with Crippen LogP contribution >= 0.6 is 0 Å². The zero-order valence-electron chi connectivity index (χ0n) is 13.2. The Morgan fingerprint density at radius 3 is 2.50 bits per heavy atom. The van der Waals surface area contributed by atoms with Crippen molar-refractivity contribution in [3.63, 3.8) is 0 Å². The maximum absolute atomic E-state index is 12.6. The van der Waals surface area contributed by atoms with Crippen molar-refractivity contribution in [2.45, 2.75) is 26.7 Å². The molecule has 0 aliphatic rings. The van der Waals surface area contributed by atoms with Gasteiger partial charge in [-0.25, -0.2) is 4.79 Å². The van der Waals surface area contributed by atoms with Crippen molar-refractivity contribution in [2.24, 2.45) is 0 Å². The molecule has 0 aliphatic heterocycles. The summed E-state index contributed by atoms with van der Waals surface area (Å²) in [5.74, 6) is 0.203. The topological polar surface area (TPSA) is 59.8 Å². The van der Waals surface area contributed by atoms with E-state index >= 15 is 0 Å². The first-order valence-corrected chi connectivity index (χ1v) is 7.52. The molecule has 5 heteroatoms. The van der Waals surface area contributed by atoms with Crippen LogP contribution in [0.4, 0.5) is 0 Å². The second-order valence-electron chi connectivity index (χ2n) is 5.12. The molecule has 5 nitrogen and oxygen atoms in total. The lowest BCUT2D eigenvalue weighted by atomic mass is 10.1. The van der Waals surface area contributed by atoms with E-state index in [1.165, 1.54) is 7.11 Å². The molecule has 1 aromatic carbocycles. The van der Waals surface area contributed by atoms with Gasteiger partial charge < -0.3 is 14.1 Å². The van der Waals surface area contributed by atoms with Crippen LogP contribution in [-0.4, -0.2) is 31.0 Å². The van der Waals surface area contributed by atoms with Crippen molar-refractivity contribution in [3.05, 3.63) is 40.2 Å². The normalized spacial score (nSPS) is 10.7. The molecular formula is C17H21NO4. The Bertz CT molecular complexity index is 714. The average molecular weight is 303 g/mol. The van der Waals surface area contributed by atoms with Gasteiger partial charge in [0, 0.05) is 18.5 Å².